The lowest BCUT2D eigenvalue weighted by Gasteiger charge is -2.08. The molecule has 0 bridgehead atoms. The summed E-state index contributed by atoms with van der Waals surface area (Å²) < 4.78 is 17.7. The number of fused-ring (bicyclic) bond motifs is 1. The first-order chi connectivity index (χ1) is 15.0. The molecule has 2 heterocycles. The predicted octanol–water partition coefficient (Wildman–Crippen LogP) is 5.94. The third-order valence-electron chi connectivity index (χ3n) is 4.36. The van der Waals surface area contributed by atoms with Crippen LogP contribution in [0.5, 0.6) is 0 Å². The van der Waals surface area contributed by atoms with Gasteiger partial charge >= 0.3 is 0 Å². The zero-order valence-electron chi connectivity index (χ0n) is 18.4. The van der Waals surface area contributed by atoms with Gasteiger partial charge in [0.1, 0.15) is 27.2 Å². The van der Waals surface area contributed by atoms with E-state index >= 15 is 0 Å². The summed E-state index contributed by atoms with van der Waals surface area (Å²) >= 11 is 1.25. The highest BCUT2D eigenvalue weighted by atomic mass is 32.2. The molecular formula is C23H30N4O2S2. The van der Waals surface area contributed by atoms with Gasteiger partial charge in [0.05, 0.1) is 16.7 Å². The fourth-order valence-corrected chi connectivity index (χ4v) is 4.93. The number of primary amides is 1. The fourth-order valence-electron chi connectivity index (χ4n) is 2.91. The van der Waals surface area contributed by atoms with Crippen molar-refractivity contribution in [3.8, 4) is 5.00 Å². The number of nitrogens with two attached hydrogens (primary N) is 1. The number of allylic oxidation sites excluding steroid dienone is 4. The minimum atomic E-state index is -1.45. The number of carbonyl (C=O) groups excluding carboxylic acids is 1. The lowest BCUT2D eigenvalue weighted by Crippen LogP contribution is -2.13. The van der Waals surface area contributed by atoms with Gasteiger partial charge in [0, 0.05) is 4.91 Å². The van der Waals surface area contributed by atoms with Gasteiger partial charge in [-0.25, -0.2) is 9.19 Å². The number of nitrogens with one attached hydrogen (secondary N) is 1. The van der Waals surface area contributed by atoms with Gasteiger partial charge in [0.25, 0.3) is 5.91 Å². The van der Waals surface area contributed by atoms with Crippen LogP contribution in [0.2, 0.25) is 0 Å². The van der Waals surface area contributed by atoms with E-state index in [0.717, 1.165) is 33.8 Å². The van der Waals surface area contributed by atoms with Crippen molar-refractivity contribution in [1.29, 1.82) is 0 Å². The molecule has 166 valence electrons. The van der Waals surface area contributed by atoms with Crippen LogP contribution < -0.4 is 10.5 Å². The Morgan fingerprint density at radius 2 is 2.03 bits per heavy atom. The number of hydrogen-bond acceptors (Lipinski definition) is 4. The van der Waals surface area contributed by atoms with Crippen molar-refractivity contribution in [3.05, 3.63) is 64.7 Å². The van der Waals surface area contributed by atoms with E-state index in [9.17, 15) is 9.00 Å². The van der Waals surface area contributed by atoms with E-state index in [1.165, 1.54) is 11.3 Å². The number of benzene rings is 1. The monoisotopic (exact) mass is 458 g/mol. The molecule has 1 amide bonds. The molecule has 1 unspecified atom stereocenters. The molecule has 3 rings (SSSR count). The Morgan fingerprint density at radius 3 is 2.71 bits per heavy atom. The Kier molecular flexibility index (Phi) is 9.68. The van der Waals surface area contributed by atoms with E-state index in [2.05, 4.69) is 28.8 Å². The number of aromatic nitrogens is 2. The summed E-state index contributed by atoms with van der Waals surface area (Å²) in [5.74, 6) is -0.557. The van der Waals surface area contributed by atoms with Crippen LogP contribution in [-0.4, -0.2) is 19.7 Å². The van der Waals surface area contributed by atoms with Crippen LogP contribution in [0.1, 0.15) is 56.6 Å². The summed E-state index contributed by atoms with van der Waals surface area (Å²) in [5, 5.41) is 0.778. The maximum absolute atomic E-state index is 12.8. The van der Waals surface area contributed by atoms with Crippen molar-refractivity contribution in [2.45, 2.75) is 47.0 Å². The number of anilines is 1. The van der Waals surface area contributed by atoms with Gasteiger partial charge in [-0.3, -0.25) is 14.1 Å². The molecule has 0 aliphatic heterocycles. The largest absolute Gasteiger partial charge is 0.365 e. The van der Waals surface area contributed by atoms with Crippen molar-refractivity contribution in [3.63, 3.8) is 0 Å². The molecule has 1 atom stereocenters. The van der Waals surface area contributed by atoms with Crippen LogP contribution in [0.15, 0.2) is 59.8 Å². The van der Waals surface area contributed by atoms with Crippen molar-refractivity contribution in [1.82, 2.24) is 9.55 Å². The molecule has 0 spiro atoms. The summed E-state index contributed by atoms with van der Waals surface area (Å²) in [7, 11) is -1.45. The maximum Gasteiger partial charge on any atom is 0.261 e. The van der Waals surface area contributed by atoms with Gasteiger partial charge in [-0.1, -0.05) is 51.1 Å². The summed E-state index contributed by atoms with van der Waals surface area (Å²) in [6, 6.07) is 9.53. The predicted molar refractivity (Wildman–Crippen MR) is 133 cm³/mol. The number of hydrogen-bond donors (Lipinski definition) is 2. The van der Waals surface area contributed by atoms with Gasteiger partial charge < -0.3 is 5.73 Å². The third kappa shape index (κ3) is 6.15. The number of carbonyl (C=O) groups is 1. The molecule has 0 radical (unpaired) electrons. The van der Waals surface area contributed by atoms with Gasteiger partial charge in [0.15, 0.2) is 0 Å². The first kappa shape index (κ1) is 24.6. The topological polar surface area (TPSA) is 90.0 Å². The number of nitrogens with zero attached hydrogens (tertiary/aromatic N) is 2. The summed E-state index contributed by atoms with van der Waals surface area (Å²) in [6.45, 7) is 7.94. The molecule has 31 heavy (non-hydrogen) atoms. The van der Waals surface area contributed by atoms with Gasteiger partial charge in [0.2, 0.25) is 0 Å². The molecule has 8 heteroatoms. The van der Waals surface area contributed by atoms with Crippen molar-refractivity contribution in [2.24, 2.45) is 5.73 Å². The molecule has 3 N–H and O–H groups in total. The molecule has 0 saturated heterocycles. The fraction of sp³-hybridized carbons (Fsp3) is 0.304. The van der Waals surface area contributed by atoms with Crippen molar-refractivity contribution >= 4 is 45.0 Å². The second-order valence-electron chi connectivity index (χ2n) is 6.34. The molecule has 6 nitrogen and oxygen atoms in total. The maximum atomic E-state index is 12.8. The molecule has 0 saturated carbocycles. The van der Waals surface area contributed by atoms with Crippen LogP contribution in [-0.2, 0) is 11.0 Å². The first-order valence-electron chi connectivity index (χ1n) is 10.4. The standard InChI is InChI=1S/C21H24N4O2S2.C2H6/c1-3-5-6-7-10-15(4-2)29(27)24-17-13-19(28-20(17)21(22)26)25-14-23-16-11-8-9-12-18(16)25;1-2/h4-6,8-9,11-14,24H,3,7,10H2,1-2H3,(H2,22,26);1-2H3/b6-5-,15-4+;. The average molecular weight is 459 g/mol. The second kappa shape index (κ2) is 12.2. The third-order valence-corrected chi connectivity index (χ3v) is 6.83. The number of amides is 1. The number of rotatable bonds is 9. The number of imidazole rings is 1. The average Bonchev–Trinajstić information content (AvgIpc) is 3.39. The summed E-state index contributed by atoms with van der Waals surface area (Å²) in [4.78, 5) is 17.5. The van der Waals surface area contributed by atoms with E-state index in [4.69, 9.17) is 5.73 Å². The van der Waals surface area contributed by atoms with Crippen LogP contribution in [0, 0.1) is 0 Å². The smallest absolute Gasteiger partial charge is 0.261 e. The lowest BCUT2D eigenvalue weighted by atomic mass is 10.2. The van der Waals surface area contributed by atoms with Gasteiger partial charge in [-0.05, 0) is 44.4 Å². The Balaban J connectivity index is 0.00000166. The Morgan fingerprint density at radius 1 is 1.29 bits per heavy atom. The molecule has 0 fully saturated rings. The van der Waals surface area contributed by atoms with Crippen LogP contribution in [0.4, 0.5) is 5.69 Å². The number of thiophene rings is 1. The molecule has 0 aliphatic carbocycles. The minimum absolute atomic E-state index is 0.340. The molecule has 1 aromatic carbocycles. The first-order valence-corrected chi connectivity index (χ1v) is 12.4. The number of para-hydroxylation sites is 2. The molecule has 0 aliphatic rings. The van der Waals surface area contributed by atoms with Crippen molar-refractivity contribution < 1.29 is 9.00 Å². The Labute approximate surface area is 190 Å². The lowest BCUT2D eigenvalue weighted by molar-refractivity contribution is 0.100. The van der Waals surface area contributed by atoms with Gasteiger partial charge in [-0.2, -0.15) is 0 Å². The van der Waals surface area contributed by atoms with E-state index in [-0.39, 0.29) is 0 Å². The summed E-state index contributed by atoms with van der Waals surface area (Å²) in [6.07, 6.45) is 10.2. The normalized spacial score (nSPS) is 12.6. The van der Waals surface area contributed by atoms with E-state index in [1.807, 2.05) is 55.7 Å². The zero-order chi connectivity index (χ0) is 22.8. The van der Waals surface area contributed by atoms with E-state index < -0.39 is 16.9 Å². The molecule has 2 aromatic heterocycles. The second-order valence-corrected chi connectivity index (χ2v) is 8.64. The molecular weight excluding hydrogens is 428 g/mol. The van der Waals surface area contributed by atoms with Gasteiger partial charge in [-0.15, -0.1) is 11.3 Å². The van der Waals surface area contributed by atoms with E-state index in [1.54, 1.807) is 12.4 Å². The zero-order valence-corrected chi connectivity index (χ0v) is 20.1. The van der Waals surface area contributed by atoms with E-state index in [0.29, 0.717) is 17.0 Å². The highest BCUT2D eigenvalue weighted by molar-refractivity contribution is 7.90. The van der Waals surface area contributed by atoms with Crippen LogP contribution >= 0.6 is 11.3 Å². The quantitative estimate of drug-likeness (QED) is 0.389. The molecule has 3 aromatic rings. The Bertz CT molecular complexity index is 1100. The highest BCUT2D eigenvalue weighted by Crippen LogP contribution is 2.32. The Hall–Kier alpha value is -2.71. The van der Waals surface area contributed by atoms with Crippen LogP contribution in [0.25, 0.3) is 16.0 Å². The van der Waals surface area contributed by atoms with Crippen molar-refractivity contribution in [2.75, 3.05) is 4.72 Å². The SMILES string of the molecule is C/C=C(\CC/C=C\CC)S(=O)Nc1cc(-n2cnc3ccccc32)sc1C(N)=O.CC. The minimum Gasteiger partial charge on any atom is -0.365 e. The highest BCUT2D eigenvalue weighted by Gasteiger charge is 2.18. The summed E-state index contributed by atoms with van der Waals surface area (Å²) in [5.41, 5.74) is 7.83. The van der Waals surface area contributed by atoms with Crippen LogP contribution in [0.3, 0.4) is 0 Å².